The molecule has 0 bridgehead atoms. The van der Waals surface area contributed by atoms with Gasteiger partial charge in [-0.25, -0.2) is 14.5 Å². The second kappa shape index (κ2) is 9.93. The molecule has 1 N–H and O–H groups in total. The Kier molecular flexibility index (Phi) is 6.57. The summed E-state index contributed by atoms with van der Waals surface area (Å²) in [4.78, 5) is 33.2. The Balaban J connectivity index is 1.31. The quantitative estimate of drug-likeness (QED) is 0.396. The van der Waals surface area contributed by atoms with Crippen LogP contribution in [0.1, 0.15) is 63.1 Å². The number of rotatable bonds is 6. The van der Waals surface area contributed by atoms with Crippen LogP contribution >= 0.6 is 0 Å². The molecule has 206 valence electrons. The number of aryl methyl sites for hydroxylation is 1. The van der Waals surface area contributed by atoms with E-state index >= 15 is 0 Å². The first-order chi connectivity index (χ1) is 18.7. The van der Waals surface area contributed by atoms with Gasteiger partial charge in [-0.15, -0.1) is 0 Å². The molecule has 2 aliphatic heterocycles. The highest BCUT2D eigenvalue weighted by Crippen LogP contribution is 2.38. The number of aromatic nitrogens is 5. The van der Waals surface area contributed by atoms with Crippen molar-refractivity contribution in [3.63, 3.8) is 0 Å². The Morgan fingerprint density at radius 2 is 1.90 bits per heavy atom. The number of nitrogens with one attached hydrogen (secondary N) is 1. The van der Waals surface area contributed by atoms with Gasteiger partial charge in [0.15, 0.2) is 5.65 Å². The first-order valence-electron chi connectivity index (χ1n) is 14.3. The second-order valence-corrected chi connectivity index (χ2v) is 11.8. The maximum absolute atomic E-state index is 13.0. The molecule has 0 aromatic carbocycles. The molecule has 2 atom stereocenters. The highest BCUT2D eigenvalue weighted by Gasteiger charge is 2.33. The van der Waals surface area contributed by atoms with Crippen LogP contribution in [-0.4, -0.2) is 85.1 Å². The van der Waals surface area contributed by atoms with E-state index in [0.717, 1.165) is 72.0 Å². The molecule has 4 aromatic heterocycles. The smallest absolute Gasteiger partial charge is 0.224 e. The predicted octanol–water partition coefficient (Wildman–Crippen LogP) is 4.53. The van der Waals surface area contributed by atoms with E-state index in [1.807, 2.05) is 4.52 Å². The average molecular weight is 529 g/mol. The lowest BCUT2D eigenvalue weighted by molar-refractivity contribution is -0.134. The SMILES string of the molecule is Cc1c(-c2[nH]c3ccc(N4C[C@@H](C)N(C(=O)CCN5CCC5)C[C@@H]4C)nc3c2C(C)C)cn2ncnc2c1C. The van der Waals surface area contributed by atoms with Crippen LogP contribution in [0.25, 0.3) is 27.9 Å². The summed E-state index contributed by atoms with van der Waals surface area (Å²) >= 11 is 0. The van der Waals surface area contributed by atoms with Crippen molar-refractivity contribution < 1.29 is 4.79 Å². The standard InChI is InChI=1S/C30H40N8O/c1-18(2)27-28(23-16-38-30(31-17-32-38)22(6)21(23)5)33-24-8-9-25(34-29(24)27)36-14-20(4)37(15-19(36)3)26(39)10-13-35-11-7-12-35/h8-9,16-20,33H,7,10-15H2,1-6H3/t19-,20+/m0/s1. The fourth-order valence-electron chi connectivity index (χ4n) is 6.26. The van der Waals surface area contributed by atoms with Crippen LogP contribution in [-0.2, 0) is 4.79 Å². The van der Waals surface area contributed by atoms with E-state index in [4.69, 9.17) is 4.98 Å². The van der Waals surface area contributed by atoms with Crippen LogP contribution in [0.5, 0.6) is 0 Å². The van der Waals surface area contributed by atoms with Crippen LogP contribution in [0.3, 0.4) is 0 Å². The molecule has 9 nitrogen and oxygen atoms in total. The van der Waals surface area contributed by atoms with Gasteiger partial charge in [0.1, 0.15) is 12.1 Å². The molecule has 6 heterocycles. The summed E-state index contributed by atoms with van der Waals surface area (Å²) in [6.07, 6.45) is 5.55. The van der Waals surface area contributed by atoms with Crippen LogP contribution in [0.15, 0.2) is 24.7 Å². The van der Waals surface area contributed by atoms with Crippen molar-refractivity contribution in [3.05, 3.63) is 41.3 Å². The molecule has 4 aromatic rings. The Bertz CT molecular complexity index is 1530. The maximum atomic E-state index is 13.0. The maximum Gasteiger partial charge on any atom is 0.224 e. The minimum atomic E-state index is 0.147. The number of nitrogens with zero attached hydrogens (tertiary/aromatic N) is 7. The number of piperazine rings is 1. The molecular formula is C30H40N8O. The number of H-pyrrole nitrogens is 1. The normalized spacial score (nSPS) is 20.4. The molecule has 6 rings (SSSR count). The van der Waals surface area contributed by atoms with E-state index in [9.17, 15) is 4.79 Å². The van der Waals surface area contributed by atoms with Crippen LogP contribution in [0, 0.1) is 13.8 Å². The fraction of sp³-hybridized carbons (Fsp3) is 0.533. The lowest BCUT2D eigenvalue weighted by Gasteiger charge is -2.45. The van der Waals surface area contributed by atoms with E-state index in [0.29, 0.717) is 6.42 Å². The minimum absolute atomic E-state index is 0.147. The third-order valence-electron chi connectivity index (χ3n) is 8.83. The van der Waals surface area contributed by atoms with Crippen molar-refractivity contribution in [3.8, 4) is 11.3 Å². The van der Waals surface area contributed by atoms with E-state index in [-0.39, 0.29) is 23.9 Å². The van der Waals surface area contributed by atoms with E-state index in [2.05, 4.69) is 89.6 Å². The van der Waals surface area contributed by atoms with Gasteiger partial charge in [0.2, 0.25) is 5.91 Å². The zero-order valence-corrected chi connectivity index (χ0v) is 24.0. The first-order valence-corrected chi connectivity index (χ1v) is 14.3. The topological polar surface area (TPSA) is 85.7 Å². The largest absolute Gasteiger partial charge is 0.353 e. The van der Waals surface area contributed by atoms with Crippen molar-refractivity contribution >= 4 is 28.4 Å². The number of hydrogen-bond donors (Lipinski definition) is 1. The summed E-state index contributed by atoms with van der Waals surface area (Å²) in [6.45, 7) is 17.7. The van der Waals surface area contributed by atoms with Gasteiger partial charge in [0.25, 0.3) is 0 Å². The number of carbonyl (C=O) groups is 1. The third kappa shape index (κ3) is 4.46. The molecular weight excluding hydrogens is 488 g/mol. The molecule has 2 saturated heterocycles. The van der Waals surface area contributed by atoms with Gasteiger partial charge in [-0.1, -0.05) is 13.8 Å². The van der Waals surface area contributed by atoms with Gasteiger partial charge in [-0.2, -0.15) is 5.10 Å². The number of hydrogen-bond acceptors (Lipinski definition) is 6. The Morgan fingerprint density at radius 1 is 1.10 bits per heavy atom. The molecule has 1 amide bonds. The Labute approximate surface area is 230 Å². The molecule has 0 radical (unpaired) electrons. The Hall–Kier alpha value is -3.46. The molecule has 2 fully saturated rings. The third-order valence-corrected chi connectivity index (χ3v) is 8.83. The number of aromatic amines is 1. The highest BCUT2D eigenvalue weighted by atomic mass is 16.2. The van der Waals surface area contributed by atoms with Gasteiger partial charge in [0.05, 0.1) is 16.7 Å². The zero-order chi connectivity index (χ0) is 27.4. The molecule has 0 aliphatic carbocycles. The molecule has 9 heteroatoms. The van der Waals surface area contributed by atoms with Gasteiger partial charge in [0, 0.05) is 55.5 Å². The lowest BCUT2D eigenvalue weighted by atomic mass is 9.95. The predicted molar refractivity (Wildman–Crippen MR) is 155 cm³/mol. The monoisotopic (exact) mass is 528 g/mol. The fourth-order valence-corrected chi connectivity index (χ4v) is 6.26. The molecule has 0 unspecified atom stereocenters. The van der Waals surface area contributed by atoms with Gasteiger partial charge in [-0.3, -0.25) is 4.79 Å². The van der Waals surface area contributed by atoms with Crippen LogP contribution in [0.2, 0.25) is 0 Å². The van der Waals surface area contributed by atoms with Crippen LogP contribution in [0.4, 0.5) is 5.82 Å². The summed E-state index contributed by atoms with van der Waals surface area (Å²) in [5, 5.41) is 4.41. The summed E-state index contributed by atoms with van der Waals surface area (Å²) in [5.74, 6) is 1.53. The lowest BCUT2D eigenvalue weighted by Crippen LogP contribution is -2.58. The van der Waals surface area contributed by atoms with Crippen molar-refractivity contribution in [2.24, 2.45) is 0 Å². The first kappa shape index (κ1) is 25.8. The number of anilines is 1. The summed E-state index contributed by atoms with van der Waals surface area (Å²) < 4.78 is 1.86. The summed E-state index contributed by atoms with van der Waals surface area (Å²) in [7, 11) is 0. The van der Waals surface area contributed by atoms with Crippen LogP contribution < -0.4 is 4.90 Å². The van der Waals surface area contributed by atoms with E-state index in [1.165, 1.54) is 17.5 Å². The molecule has 39 heavy (non-hydrogen) atoms. The number of fused-ring (bicyclic) bond motifs is 2. The molecule has 0 spiro atoms. The van der Waals surface area contributed by atoms with E-state index < -0.39 is 0 Å². The van der Waals surface area contributed by atoms with Crippen molar-refractivity contribution in [2.45, 2.75) is 72.4 Å². The molecule has 2 aliphatic rings. The van der Waals surface area contributed by atoms with Gasteiger partial charge in [-0.05, 0) is 76.4 Å². The zero-order valence-electron chi connectivity index (χ0n) is 24.0. The van der Waals surface area contributed by atoms with Gasteiger partial charge < -0.3 is 19.7 Å². The second-order valence-electron chi connectivity index (χ2n) is 11.8. The number of pyridine rings is 2. The van der Waals surface area contributed by atoms with Crippen molar-refractivity contribution in [2.75, 3.05) is 37.6 Å². The Morgan fingerprint density at radius 3 is 2.62 bits per heavy atom. The number of amides is 1. The number of carbonyl (C=O) groups excluding carboxylic acids is 1. The highest BCUT2D eigenvalue weighted by molar-refractivity contribution is 5.90. The minimum Gasteiger partial charge on any atom is -0.353 e. The average Bonchev–Trinajstić information content (AvgIpc) is 3.50. The number of likely N-dealkylation sites (tertiary alicyclic amines) is 1. The summed E-state index contributed by atoms with van der Waals surface area (Å²) in [5.41, 5.74) is 8.71. The van der Waals surface area contributed by atoms with Crippen molar-refractivity contribution in [1.82, 2.24) is 34.4 Å². The summed E-state index contributed by atoms with van der Waals surface area (Å²) in [6, 6.07) is 4.62. The molecule has 0 saturated carbocycles. The van der Waals surface area contributed by atoms with Gasteiger partial charge >= 0.3 is 0 Å². The van der Waals surface area contributed by atoms with E-state index in [1.54, 1.807) is 6.33 Å². The van der Waals surface area contributed by atoms with Crippen molar-refractivity contribution in [1.29, 1.82) is 0 Å².